The Labute approximate surface area is 187 Å². The van der Waals surface area contributed by atoms with Crippen LogP contribution in [0.25, 0.3) is 5.57 Å². The lowest BCUT2D eigenvalue weighted by atomic mass is 9.97. The predicted octanol–water partition coefficient (Wildman–Crippen LogP) is 5.90. The normalized spacial score (nSPS) is 16.7. The van der Waals surface area contributed by atoms with Gasteiger partial charge in [-0.25, -0.2) is 0 Å². The van der Waals surface area contributed by atoms with Crippen molar-refractivity contribution >= 4 is 11.5 Å². The minimum absolute atomic E-state index is 0.229. The highest BCUT2D eigenvalue weighted by molar-refractivity contribution is 5.77. The van der Waals surface area contributed by atoms with Gasteiger partial charge in [-0.15, -0.1) is 0 Å². The molecule has 32 heavy (non-hydrogen) atoms. The molecular formula is C26H29F3N2O. The van der Waals surface area contributed by atoms with Crippen LogP contribution >= 0.6 is 0 Å². The minimum atomic E-state index is -4.31. The van der Waals surface area contributed by atoms with Crippen LogP contribution in [0.15, 0.2) is 54.6 Å². The van der Waals surface area contributed by atoms with E-state index < -0.39 is 11.7 Å². The zero-order chi connectivity index (χ0) is 22.6. The quantitative estimate of drug-likeness (QED) is 0.499. The topological polar surface area (TPSA) is 23.6 Å². The van der Waals surface area contributed by atoms with E-state index in [0.29, 0.717) is 12.0 Å². The summed E-state index contributed by atoms with van der Waals surface area (Å²) in [6.07, 6.45) is 2.02. The lowest BCUT2D eigenvalue weighted by molar-refractivity contribution is -0.137. The van der Waals surface area contributed by atoms with Crippen LogP contribution in [0.2, 0.25) is 0 Å². The van der Waals surface area contributed by atoms with E-state index in [0.717, 1.165) is 70.0 Å². The van der Waals surface area contributed by atoms with Crippen LogP contribution in [0.4, 0.5) is 13.2 Å². The molecule has 0 spiro atoms. The molecule has 170 valence electrons. The number of nitrogens with zero attached hydrogens (tertiary/aromatic N) is 2. The first kappa shape index (κ1) is 22.6. The maximum Gasteiger partial charge on any atom is 0.416 e. The Kier molecular flexibility index (Phi) is 6.99. The number of carbonyl (C=O) groups is 1. The standard InChI is InChI=1S/C26H29F3N2O/c27-26(28,29)24-10-6-9-21(17-24)20-12-15-30(16-13-20)14-5-1-2-11-25(32)31-18-22-7-3-4-8-23(22)19-31/h3-4,6-10,12,17H,1-2,5,11,13-16,18-19H2. The van der Waals surface area contributed by atoms with Gasteiger partial charge in [-0.2, -0.15) is 13.2 Å². The van der Waals surface area contributed by atoms with Crippen molar-refractivity contribution in [3.05, 3.63) is 76.9 Å². The van der Waals surface area contributed by atoms with E-state index in [-0.39, 0.29) is 5.91 Å². The molecule has 0 saturated heterocycles. The van der Waals surface area contributed by atoms with Gasteiger partial charge in [-0.1, -0.05) is 48.9 Å². The van der Waals surface area contributed by atoms with E-state index in [2.05, 4.69) is 17.0 Å². The Hall–Kier alpha value is -2.60. The summed E-state index contributed by atoms with van der Waals surface area (Å²) in [5.74, 6) is 0.229. The van der Waals surface area contributed by atoms with E-state index in [1.807, 2.05) is 23.1 Å². The first-order valence-corrected chi connectivity index (χ1v) is 11.3. The fourth-order valence-electron chi connectivity index (χ4n) is 4.53. The Morgan fingerprint density at radius 2 is 1.69 bits per heavy atom. The fourth-order valence-corrected chi connectivity index (χ4v) is 4.53. The largest absolute Gasteiger partial charge is 0.416 e. The minimum Gasteiger partial charge on any atom is -0.334 e. The third kappa shape index (κ3) is 5.60. The maximum absolute atomic E-state index is 12.9. The molecule has 0 bridgehead atoms. The predicted molar refractivity (Wildman–Crippen MR) is 120 cm³/mol. The molecule has 2 aliphatic rings. The molecule has 2 heterocycles. The van der Waals surface area contributed by atoms with Crippen molar-refractivity contribution in [2.75, 3.05) is 19.6 Å². The summed E-state index contributed by atoms with van der Waals surface area (Å²) in [6.45, 7) is 4.02. The molecule has 2 aromatic carbocycles. The average Bonchev–Trinajstić information content (AvgIpc) is 3.23. The number of benzene rings is 2. The van der Waals surface area contributed by atoms with Crippen LogP contribution in [-0.2, 0) is 24.1 Å². The number of fused-ring (bicyclic) bond motifs is 1. The van der Waals surface area contributed by atoms with Gasteiger partial charge in [0.2, 0.25) is 5.91 Å². The number of hydrogen-bond acceptors (Lipinski definition) is 2. The van der Waals surface area contributed by atoms with Crippen molar-refractivity contribution in [3.8, 4) is 0 Å². The molecule has 0 unspecified atom stereocenters. The van der Waals surface area contributed by atoms with Gasteiger partial charge < -0.3 is 4.90 Å². The second-order valence-electron chi connectivity index (χ2n) is 8.69. The molecule has 2 aliphatic heterocycles. The Morgan fingerprint density at radius 3 is 2.34 bits per heavy atom. The monoisotopic (exact) mass is 442 g/mol. The molecule has 0 aromatic heterocycles. The number of halogens is 3. The summed E-state index contributed by atoms with van der Waals surface area (Å²) in [5.41, 5.74) is 3.57. The van der Waals surface area contributed by atoms with Crippen molar-refractivity contribution < 1.29 is 18.0 Å². The summed E-state index contributed by atoms with van der Waals surface area (Å²) in [7, 11) is 0. The van der Waals surface area contributed by atoms with Crippen LogP contribution < -0.4 is 0 Å². The lowest BCUT2D eigenvalue weighted by Crippen LogP contribution is -2.29. The molecule has 0 radical (unpaired) electrons. The van der Waals surface area contributed by atoms with Gasteiger partial charge in [-0.05, 0) is 60.2 Å². The van der Waals surface area contributed by atoms with Crippen LogP contribution in [0.3, 0.4) is 0 Å². The van der Waals surface area contributed by atoms with Gasteiger partial charge in [0.05, 0.1) is 5.56 Å². The number of hydrogen-bond donors (Lipinski definition) is 0. The summed E-state index contributed by atoms with van der Waals surface area (Å²) < 4.78 is 38.8. The van der Waals surface area contributed by atoms with Crippen LogP contribution in [0.1, 0.15) is 54.4 Å². The van der Waals surface area contributed by atoms with E-state index in [1.54, 1.807) is 6.07 Å². The maximum atomic E-state index is 12.9. The van der Waals surface area contributed by atoms with Crippen molar-refractivity contribution in [1.29, 1.82) is 0 Å². The van der Waals surface area contributed by atoms with Crippen LogP contribution in [0.5, 0.6) is 0 Å². The van der Waals surface area contributed by atoms with Gasteiger partial charge >= 0.3 is 6.18 Å². The summed E-state index contributed by atoms with van der Waals surface area (Å²) in [6, 6.07) is 13.8. The molecule has 6 heteroatoms. The van der Waals surface area contributed by atoms with Crippen LogP contribution in [-0.4, -0.2) is 35.3 Å². The zero-order valence-electron chi connectivity index (χ0n) is 18.2. The molecule has 4 rings (SSSR count). The fraction of sp³-hybridized carbons (Fsp3) is 0.423. The van der Waals surface area contributed by atoms with Crippen molar-refractivity contribution in [2.24, 2.45) is 0 Å². The summed E-state index contributed by atoms with van der Waals surface area (Å²) >= 11 is 0. The summed E-state index contributed by atoms with van der Waals surface area (Å²) in [4.78, 5) is 16.7. The van der Waals surface area contributed by atoms with E-state index in [9.17, 15) is 18.0 Å². The first-order valence-electron chi connectivity index (χ1n) is 11.3. The SMILES string of the molecule is O=C(CCCCCN1CC=C(c2cccc(C(F)(F)F)c2)CC1)N1Cc2ccccc2C1. The highest BCUT2D eigenvalue weighted by atomic mass is 19.4. The Balaban J connectivity index is 1.15. The molecular weight excluding hydrogens is 413 g/mol. The molecule has 0 atom stereocenters. The smallest absolute Gasteiger partial charge is 0.334 e. The van der Waals surface area contributed by atoms with Gasteiger partial charge in [0.1, 0.15) is 0 Å². The van der Waals surface area contributed by atoms with Gasteiger partial charge in [-0.3, -0.25) is 9.69 Å². The number of rotatable bonds is 7. The number of carbonyl (C=O) groups excluding carboxylic acids is 1. The first-order chi connectivity index (χ1) is 15.4. The Bertz CT molecular complexity index is 958. The Morgan fingerprint density at radius 1 is 0.938 bits per heavy atom. The lowest BCUT2D eigenvalue weighted by Gasteiger charge is -2.26. The van der Waals surface area contributed by atoms with Gasteiger partial charge in [0.15, 0.2) is 0 Å². The van der Waals surface area contributed by atoms with Crippen molar-refractivity contribution in [1.82, 2.24) is 9.80 Å². The molecule has 0 N–H and O–H groups in total. The third-order valence-corrected chi connectivity index (χ3v) is 6.41. The molecule has 3 nitrogen and oxygen atoms in total. The van der Waals surface area contributed by atoms with Gasteiger partial charge in [0.25, 0.3) is 0 Å². The molecule has 0 aliphatic carbocycles. The second-order valence-corrected chi connectivity index (χ2v) is 8.69. The second kappa shape index (κ2) is 9.90. The molecule has 1 amide bonds. The zero-order valence-corrected chi connectivity index (χ0v) is 18.2. The highest BCUT2D eigenvalue weighted by Crippen LogP contribution is 2.32. The van der Waals surface area contributed by atoms with E-state index in [1.165, 1.54) is 23.3 Å². The molecule has 0 fully saturated rings. The van der Waals surface area contributed by atoms with Gasteiger partial charge in [0, 0.05) is 32.6 Å². The highest BCUT2D eigenvalue weighted by Gasteiger charge is 2.30. The molecule has 0 saturated carbocycles. The number of amides is 1. The van der Waals surface area contributed by atoms with Crippen molar-refractivity contribution in [3.63, 3.8) is 0 Å². The summed E-state index contributed by atoms with van der Waals surface area (Å²) in [5, 5.41) is 0. The number of alkyl halides is 3. The van der Waals surface area contributed by atoms with Crippen molar-refractivity contribution in [2.45, 2.75) is 51.4 Å². The van der Waals surface area contributed by atoms with E-state index in [4.69, 9.17) is 0 Å². The molecule has 2 aromatic rings. The number of unbranched alkanes of at least 4 members (excludes halogenated alkanes) is 2. The van der Waals surface area contributed by atoms with Crippen LogP contribution in [0, 0.1) is 0 Å². The third-order valence-electron chi connectivity index (χ3n) is 6.41. The average molecular weight is 443 g/mol. The van der Waals surface area contributed by atoms with E-state index >= 15 is 0 Å².